The summed E-state index contributed by atoms with van der Waals surface area (Å²) >= 11 is 1.68. The van der Waals surface area contributed by atoms with Crippen molar-refractivity contribution in [2.45, 2.75) is 32.7 Å². The van der Waals surface area contributed by atoms with Crippen LogP contribution in [0.5, 0.6) is 0 Å². The molecular formula is C18H27N3O2S. The Labute approximate surface area is 148 Å². The highest BCUT2D eigenvalue weighted by atomic mass is 32.1. The summed E-state index contributed by atoms with van der Waals surface area (Å²) in [7, 11) is 3.96. The third-order valence-electron chi connectivity index (χ3n) is 5.55. The van der Waals surface area contributed by atoms with Crippen LogP contribution in [0.2, 0.25) is 0 Å². The molecule has 2 amide bonds. The minimum absolute atomic E-state index is 0.0288. The van der Waals surface area contributed by atoms with Crippen molar-refractivity contribution in [1.29, 1.82) is 0 Å². The Hall–Kier alpha value is -1.40. The van der Waals surface area contributed by atoms with E-state index in [4.69, 9.17) is 0 Å². The standard InChI is InChI=1S/C18H27N3O2S/c1-14-4-9-24-15(14)11-20(3)17(23)12-21-13-18(10-16(21)22)5-7-19(2)8-6-18/h4,9H,5-8,10-13H2,1-3H3. The van der Waals surface area contributed by atoms with Crippen LogP contribution >= 0.6 is 11.3 Å². The first kappa shape index (κ1) is 17.4. The Balaban J connectivity index is 1.56. The minimum atomic E-state index is 0.0288. The van der Waals surface area contributed by atoms with E-state index in [1.54, 1.807) is 21.1 Å². The van der Waals surface area contributed by atoms with Crippen LogP contribution in [-0.4, -0.2) is 66.8 Å². The number of carbonyl (C=O) groups excluding carboxylic acids is 2. The van der Waals surface area contributed by atoms with Crippen molar-refractivity contribution in [2.75, 3.05) is 40.3 Å². The molecule has 6 heteroatoms. The lowest BCUT2D eigenvalue weighted by molar-refractivity contribution is -0.137. The molecular weight excluding hydrogens is 322 g/mol. The van der Waals surface area contributed by atoms with Crippen molar-refractivity contribution in [3.05, 3.63) is 21.9 Å². The number of likely N-dealkylation sites (N-methyl/N-ethyl adjacent to an activating group) is 1. The van der Waals surface area contributed by atoms with Gasteiger partial charge >= 0.3 is 0 Å². The molecule has 0 N–H and O–H groups in total. The van der Waals surface area contributed by atoms with Crippen LogP contribution < -0.4 is 0 Å². The van der Waals surface area contributed by atoms with Crippen LogP contribution in [0.3, 0.4) is 0 Å². The van der Waals surface area contributed by atoms with Crippen molar-refractivity contribution >= 4 is 23.2 Å². The molecule has 1 aromatic heterocycles. The monoisotopic (exact) mass is 349 g/mol. The van der Waals surface area contributed by atoms with Gasteiger partial charge in [0.2, 0.25) is 11.8 Å². The molecule has 2 saturated heterocycles. The first-order chi connectivity index (χ1) is 11.4. The number of aryl methyl sites for hydroxylation is 1. The van der Waals surface area contributed by atoms with E-state index in [1.165, 1.54) is 10.4 Å². The molecule has 1 aromatic rings. The topological polar surface area (TPSA) is 43.9 Å². The van der Waals surface area contributed by atoms with Gasteiger partial charge in [0.25, 0.3) is 0 Å². The third-order valence-corrected chi connectivity index (χ3v) is 6.56. The highest BCUT2D eigenvalue weighted by Crippen LogP contribution is 2.40. The summed E-state index contributed by atoms with van der Waals surface area (Å²) in [6.45, 7) is 5.76. The van der Waals surface area contributed by atoms with Gasteiger partial charge in [-0.3, -0.25) is 9.59 Å². The number of nitrogens with zero attached hydrogens (tertiary/aromatic N) is 3. The van der Waals surface area contributed by atoms with Gasteiger partial charge in [0, 0.05) is 24.9 Å². The van der Waals surface area contributed by atoms with E-state index in [-0.39, 0.29) is 23.8 Å². The smallest absolute Gasteiger partial charge is 0.242 e. The Bertz CT molecular complexity index is 620. The fourth-order valence-corrected chi connectivity index (χ4v) is 4.67. The number of piperidine rings is 1. The zero-order valence-corrected chi connectivity index (χ0v) is 15.7. The molecule has 3 rings (SSSR count). The average Bonchev–Trinajstić information content (AvgIpc) is 3.07. The van der Waals surface area contributed by atoms with Crippen LogP contribution in [0.25, 0.3) is 0 Å². The first-order valence-corrected chi connectivity index (χ1v) is 9.50. The molecule has 0 aliphatic carbocycles. The minimum Gasteiger partial charge on any atom is -0.339 e. The molecule has 24 heavy (non-hydrogen) atoms. The molecule has 0 unspecified atom stereocenters. The fraction of sp³-hybridized carbons (Fsp3) is 0.667. The molecule has 2 aliphatic heterocycles. The lowest BCUT2D eigenvalue weighted by Crippen LogP contribution is -2.42. The van der Waals surface area contributed by atoms with Gasteiger partial charge in [0.05, 0.1) is 13.1 Å². The molecule has 0 radical (unpaired) electrons. The number of rotatable bonds is 4. The van der Waals surface area contributed by atoms with Gasteiger partial charge in [-0.1, -0.05) is 0 Å². The van der Waals surface area contributed by atoms with Gasteiger partial charge < -0.3 is 14.7 Å². The van der Waals surface area contributed by atoms with Gasteiger partial charge in [-0.05, 0) is 62.3 Å². The predicted molar refractivity (Wildman–Crippen MR) is 95.9 cm³/mol. The highest BCUT2D eigenvalue weighted by Gasteiger charge is 2.44. The van der Waals surface area contributed by atoms with E-state index in [9.17, 15) is 9.59 Å². The molecule has 2 fully saturated rings. The summed E-state index contributed by atoms with van der Waals surface area (Å²) in [6.07, 6.45) is 2.73. The van der Waals surface area contributed by atoms with Crippen LogP contribution in [0.4, 0.5) is 0 Å². The lowest BCUT2D eigenvalue weighted by atomic mass is 9.78. The number of hydrogen-bond donors (Lipinski definition) is 0. The maximum Gasteiger partial charge on any atom is 0.242 e. The quantitative estimate of drug-likeness (QED) is 0.835. The van der Waals surface area contributed by atoms with Gasteiger partial charge in [-0.2, -0.15) is 0 Å². The summed E-state index contributed by atoms with van der Waals surface area (Å²) < 4.78 is 0. The summed E-state index contributed by atoms with van der Waals surface area (Å²) in [6, 6.07) is 2.08. The predicted octanol–water partition coefficient (Wildman–Crippen LogP) is 1.96. The zero-order valence-electron chi connectivity index (χ0n) is 14.9. The van der Waals surface area contributed by atoms with E-state index >= 15 is 0 Å². The Kier molecular flexibility index (Phi) is 4.97. The number of thiophene rings is 1. The van der Waals surface area contributed by atoms with Crippen molar-refractivity contribution < 1.29 is 9.59 Å². The molecule has 5 nitrogen and oxygen atoms in total. The molecule has 1 spiro atoms. The largest absolute Gasteiger partial charge is 0.339 e. The van der Waals surface area contributed by atoms with Crippen molar-refractivity contribution in [3.63, 3.8) is 0 Å². The molecule has 2 aliphatic rings. The molecule has 0 saturated carbocycles. The van der Waals surface area contributed by atoms with E-state index < -0.39 is 0 Å². The highest BCUT2D eigenvalue weighted by molar-refractivity contribution is 7.10. The second-order valence-electron chi connectivity index (χ2n) is 7.51. The normalized spacial score (nSPS) is 20.8. The number of carbonyl (C=O) groups is 2. The lowest BCUT2D eigenvalue weighted by Gasteiger charge is -2.37. The second kappa shape index (κ2) is 6.84. The average molecular weight is 350 g/mol. The summed E-state index contributed by atoms with van der Waals surface area (Å²) in [5, 5.41) is 2.05. The van der Waals surface area contributed by atoms with Crippen molar-refractivity contribution in [3.8, 4) is 0 Å². The van der Waals surface area contributed by atoms with Crippen molar-refractivity contribution in [1.82, 2.24) is 14.7 Å². The maximum atomic E-state index is 12.5. The summed E-state index contributed by atoms with van der Waals surface area (Å²) in [5.41, 5.74) is 1.33. The van der Waals surface area contributed by atoms with E-state index in [0.717, 1.165) is 32.5 Å². The molecule has 0 atom stereocenters. The zero-order chi connectivity index (χ0) is 17.3. The van der Waals surface area contributed by atoms with Crippen LogP contribution in [0, 0.1) is 12.3 Å². The first-order valence-electron chi connectivity index (χ1n) is 8.62. The van der Waals surface area contributed by atoms with E-state index in [0.29, 0.717) is 13.0 Å². The SMILES string of the molecule is Cc1ccsc1CN(C)C(=O)CN1CC2(CCN(C)CC2)CC1=O. The maximum absolute atomic E-state index is 12.5. The Morgan fingerprint density at radius 1 is 1.38 bits per heavy atom. The van der Waals surface area contributed by atoms with Gasteiger partial charge in [0.15, 0.2) is 0 Å². The van der Waals surface area contributed by atoms with E-state index in [2.05, 4.69) is 30.3 Å². The fourth-order valence-electron chi connectivity index (χ4n) is 3.71. The van der Waals surface area contributed by atoms with Gasteiger partial charge in [-0.25, -0.2) is 0 Å². The van der Waals surface area contributed by atoms with Crippen LogP contribution in [0.1, 0.15) is 29.7 Å². The molecule has 132 valence electrons. The summed E-state index contributed by atoms with van der Waals surface area (Å²) in [4.78, 5) is 32.0. The molecule has 0 bridgehead atoms. The second-order valence-corrected chi connectivity index (χ2v) is 8.51. The van der Waals surface area contributed by atoms with E-state index in [1.807, 2.05) is 7.05 Å². The van der Waals surface area contributed by atoms with Crippen molar-refractivity contribution in [2.24, 2.45) is 5.41 Å². The molecule has 0 aromatic carbocycles. The number of hydrogen-bond acceptors (Lipinski definition) is 4. The Morgan fingerprint density at radius 2 is 2.08 bits per heavy atom. The summed E-state index contributed by atoms with van der Waals surface area (Å²) in [5.74, 6) is 0.176. The van der Waals surface area contributed by atoms with Gasteiger partial charge in [-0.15, -0.1) is 11.3 Å². The molecule has 3 heterocycles. The number of amides is 2. The van der Waals surface area contributed by atoms with Crippen LogP contribution in [0.15, 0.2) is 11.4 Å². The number of likely N-dealkylation sites (tertiary alicyclic amines) is 2. The third kappa shape index (κ3) is 3.64. The van der Waals surface area contributed by atoms with Gasteiger partial charge in [0.1, 0.15) is 0 Å². The Morgan fingerprint density at radius 3 is 2.71 bits per heavy atom. The van der Waals surface area contributed by atoms with Crippen LogP contribution in [-0.2, 0) is 16.1 Å².